The van der Waals surface area contributed by atoms with Crippen molar-refractivity contribution < 1.29 is 14.3 Å². The molecule has 0 bridgehead atoms. The van der Waals surface area contributed by atoms with Crippen LogP contribution in [0.3, 0.4) is 0 Å². The number of benzene rings is 1. The van der Waals surface area contributed by atoms with Gasteiger partial charge in [-0.2, -0.15) is 0 Å². The topological polar surface area (TPSA) is 55.4 Å². The maximum absolute atomic E-state index is 12.7. The van der Waals surface area contributed by atoms with Gasteiger partial charge in [0.05, 0.1) is 12.6 Å². The zero-order valence-corrected chi connectivity index (χ0v) is 12.7. The average Bonchev–Trinajstić information content (AvgIpc) is 2.62. The van der Waals surface area contributed by atoms with Crippen molar-refractivity contribution in [1.29, 1.82) is 0 Å². The molecule has 4 nitrogen and oxygen atoms in total. The molecule has 2 unspecified atom stereocenters. The predicted molar refractivity (Wildman–Crippen MR) is 77.1 cm³/mol. The summed E-state index contributed by atoms with van der Waals surface area (Å²) in [6.07, 6.45) is 0. The van der Waals surface area contributed by atoms with E-state index in [1.165, 1.54) is 7.11 Å². The fraction of sp³-hybridized carbons (Fsp3) is 0.467. The number of carbonyl (C=O) groups excluding carboxylic acids is 2. The number of ketones is 1. The van der Waals surface area contributed by atoms with Crippen molar-refractivity contribution in [3.8, 4) is 5.75 Å². The van der Waals surface area contributed by atoms with Crippen LogP contribution in [0.4, 0.5) is 0 Å². The summed E-state index contributed by atoms with van der Waals surface area (Å²) in [5, 5.41) is 3.17. The quantitative estimate of drug-likeness (QED) is 0.872. The molecule has 1 aliphatic heterocycles. The summed E-state index contributed by atoms with van der Waals surface area (Å²) in [5.74, 6) is -0.941. The highest BCUT2D eigenvalue weighted by Gasteiger charge is 2.52. The zero-order valence-electron chi connectivity index (χ0n) is 12.0. The van der Waals surface area contributed by atoms with E-state index in [0.717, 1.165) is 0 Å². The number of hydrogen-bond donors (Lipinski definition) is 1. The minimum absolute atomic E-state index is 0.00238. The molecule has 1 aliphatic rings. The van der Waals surface area contributed by atoms with Crippen LogP contribution in [0.5, 0.6) is 5.75 Å². The molecule has 1 amide bonds. The van der Waals surface area contributed by atoms with Crippen molar-refractivity contribution in [3.05, 3.63) is 28.8 Å². The molecule has 1 N–H and O–H groups in total. The molecular weight excluding hydrogens is 278 g/mol. The molecule has 1 heterocycles. The van der Waals surface area contributed by atoms with Gasteiger partial charge in [-0.1, -0.05) is 31.5 Å². The van der Waals surface area contributed by atoms with Gasteiger partial charge in [0, 0.05) is 10.6 Å². The molecule has 0 aliphatic carbocycles. The maximum atomic E-state index is 12.7. The Morgan fingerprint density at radius 1 is 1.35 bits per heavy atom. The van der Waals surface area contributed by atoms with E-state index in [-0.39, 0.29) is 17.6 Å². The van der Waals surface area contributed by atoms with Gasteiger partial charge in [-0.05, 0) is 25.0 Å². The van der Waals surface area contributed by atoms with E-state index in [9.17, 15) is 9.59 Å². The zero-order chi connectivity index (χ0) is 15.1. The number of amides is 1. The van der Waals surface area contributed by atoms with E-state index in [4.69, 9.17) is 16.3 Å². The average molecular weight is 296 g/mol. The van der Waals surface area contributed by atoms with Gasteiger partial charge in [-0.25, -0.2) is 0 Å². The molecule has 0 aromatic heterocycles. The number of halogens is 1. The molecule has 0 saturated carbocycles. The lowest BCUT2D eigenvalue weighted by molar-refractivity contribution is -0.125. The van der Waals surface area contributed by atoms with Crippen LogP contribution in [0.15, 0.2) is 18.2 Å². The highest BCUT2D eigenvalue weighted by molar-refractivity contribution is 6.33. The van der Waals surface area contributed by atoms with Crippen molar-refractivity contribution >= 4 is 23.3 Å². The largest absolute Gasteiger partial charge is 0.496 e. The standard InChI is InChI=1S/C15H18ClNO3/c1-8(2)15(3)13(18)12(14(19)17-15)11-9(16)6-5-7-10(11)20-4/h5-8,12H,1-4H3,(H,17,19). The third-order valence-corrected chi connectivity index (χ3v) is 4.42. The molecule has 108 valence electrons. The fourth-order valence-corrected chi connectivity index (χ4v) is 2.75. The first kappa shape index (κ1) is 14.9. The molecule has 0 spiro atoms. The van der Waals surface area contributed by atoms with Crippen molar-refractivity contribution in [1.82, 2.24) is 5.32 Å². The summed E-state index contributed by atoms with van der Waals surface area (Å²) in [6.45, 7) is 5.57. The third-order valence-electron chi connectivity index (χ3n) is 4.10. The second kappa shape index (κ2) is 5.09. The number of ether oxygens (including phenoxy) is 1. The molecule has 0 radical (unpaired) electrons. The smallest absolute Gasteiger partial charge is 0.236 e. The van der Waals surface area contributed by atoms with E-state index in [1.807, 2.05) is 13.8 Å². The Balaban J connectivity index is 2.55. The van der Waals surface area contributed by atoms with Gasteiger partial charge in [-0.15, -0.1) is 0 Å². The van der Waals surface area contributed by atoms with Gasteiger partial charge >= 0.3 is 0 Å². The van der Waals surface area contributed by atoms with E-state index in [0.29, 0.717) is 16.3 Å². The van der Waals surface area contributed by atoms with E-state index in [2.05, 4.69) is 5.32 Å². The predicted octanol–water partition coefficient (Wildman–Crippen LogP) is 2.55. The van der Waals surface area contributed by atoms with Crippen LogP contribution in [-0.2, 0) is 9.59 Å². The highest BCUT2D eigenvalue weighted by atomic mass is 35.5. The number of hydrogen-bond acceptors (Lipinski definition) is 3. The summed E-state index contributed by atoms with van der Waals surface area (Å²) < 4.78 is 5.25. The third kappa shape index (κ3) is 2.08. The molecular formula is C15H18ClNO3. The summed E-state index contributed by atoms with van der Waals surface area (Å²) in [6, 6.07) is 5.08. The van der Waals surface area contributed by atoms with E-state index in [1.54, 1.807) is 25.1 Å². The van der Waals surface area contributed by atoms with Crippen molar-refractivity contribution in [2.24, 2.45) is 5.92 Å². The Morgan fingerprint density at radius 3 is 2.50 bits per heavy atom. The molecule has 1 fully saturated rings. The van der Waals surface area contributed by atoms with Gasteiger partial charge in [0.1, 0.15) is 11.7 Å². The number of rotatable bonds is 3. The van der Waals surface area contributed by atoms with Gasteiger partial charge in [0.25, 0.3) is 0 Å². The summed E-state index contributed by atoms with van der Waals surface area (Å²) in [4.78, 5) is 25.0. The molecule has 5 heteroatoms. The highest BCUT2D eigenvalue weighted by Crippen LogP contribution is 2.40. The lowest BCUT2D eigenvalue weighted by Gasteiger charge is -2.27. The minimum atomic E-state index is -0.911. The second-order valence-corrected chi connectivity index (χ2v) is 5.91. The van der Waals surface area contributed by atoms with Gasteiger partial charge in [0.2, 0.25) is 5.91 Å². The molecule has 1 aromatic carbocycles. The lowest BCUT2D eigenvalue weighted by Crippen LogP contribution is -2.48. The molecule has 1 aromatic rings. The molecule has 1 saturated heterocycles. The maximum Gasteiger partial charge on any atom is 0.236 e. The normalized spacial score (nSPS) is 26.0. The van der Waals surface area contributed by atoms with Crippen LogP contribution in [-0.4, -0.2) is 24.3 Å². The first-order valence-electron chi connectivity index (χ1n) is 6.51. The number of Topliss-reactive ketones (excluding diaryl/α,β-unsaturated/α-hetero) is 1. The van der Waals surface area contributed by atoms with Gasteiger partial charge < -0.3 is 10.1 Å². The van der Waals surface area contributed by atoms with Crippen LogP contribution in [0.25, 0.3) is 0 Å². The number of carbonyl (C=O) groups is 2. The molecule has 2 rings (SSSR count). The molecule has 20 heavy (non-hydrogen) atoms. The van der Waals surface area contributed by atoms with Crippen LogP contribution in [0.2, 0.25) is 5.02 Å². The van der Waals surface area contributed by atoms with E-state index >= 15 is 0 Å². The summed E-state index contributed by atoms with van der Waals surface area (Å²) in [7, 11) is 1.49. The summed E-state index contributed by atoms with van der Waals surface area (Å²) >= 11 is 6.18. The number of methoxy groups -OCH3 is 1. The van der Waals surface area contributed by atoms with Gasteiger partial charge in [-0.3, -0.25) is 9.59 Å². The Morgan fingerprint density at radius 2 is 2.00 bits per heavy atom. The summed E-state index contributed by atoms with van der Waals surface area (Å²) in [5.41, 5.74) is -0.421. The van der Waals surface area contributed by atoms with E-state index < -0.39 is 11.5 Å². The minimum Gasteiger partial charge on any atom is -0.496 e. The van der Waals surface area contributed by atoms with Gasteiger partial charge in [0.15, 0.2) is 5.78 Å². The van der Waals surface area contributed by atoms with Crippen LogP contribution >= 0.6 is 11.6 Å². The first-order valence-corrected chi connectivity index (χ1v) is 6.89. The van der Waals surface area contributed by atoms with Crippen LogP contribution in [0, 0.1) is 5.92 Å². The fourth-order valence-electron chi connectivity index (χ4n) is 2.48. The van der Waals surface area contributed by atoms with Crippen molar-refractivity contribution in [2.75, 3.05) is 7.11 Å². The lowest BCUT2D eigenvalue weighted by atomic mass is 9.81. The first-order chi connectivity index (χ1) is 9.32. The van der Waals surface area contributed by atoms with Crippen LogP contribution in [0.1, 0.15) is 32.3 Å². The van der Waals surface area contributed by atoms with Crippen LogP contribution < -0.4 is 10.1 Å². The Labute approximate surface area is 123 Å². The Hall–Kier alpha value is -1.55. The van der Waals surface area contributed by atoms with Crippen molar-refractivity contribution in [3.63, 3.8) is 0 Å². The Kier molecular flexibility index (Phi) is 3.78. The second-order valence-electron chi connectivity index (χ2n) is 5.50. The van der Waals surface area contributed by atoms with Crippen molar-refractivity contribution in [2.45, 2.75) is 32.2 Å². The number of nitrogens with one attached hydrogen (secondary N) is 1. The Bertz CT molecular complexity index is 570. The molecule has 2 atom stereocenters. The SMILES string of the molecule is COc1cccc(Cl)c1C1C(=O)NC(C)(C(C)C)C1=O. The monoisotopic (exact) mass is 295 g/mol.